The molecule has 0 spiro atoms. The topological polar surface area (TPSA) is 114 Å². The third-order valence-corrected chi connectivity index (χ3v) is 3.00. The van der Waals surface area contributed by atoms with E-state index in [9.17, 15) is 20.0 Å². The monoisotopic (exact) mass is 329 g/mol. The number of benzene rings is 2. The summed E-state index contributed by atoms with van der Waals surface area (Å²) in [4.78, 5) is 22.0. The number of carbonyl (C=O) groups excluding carboxylic acids is 1. The third kappa shape index (κ3) is 4.29. The fourth-order valence-corrected chi connectivity index (χ4v) is 1.87. The molecule has 2 aromatic carbocycles. The number of aromatic hydroxyl groups is 1. The Labute approximate surface area is 137 Å². The quantitative estimate of drug-likeness (QED) is 0.480. The van der Waals surface area contributed by atoms with Crippen LogP contribution in [0.25, 0.3) is 0 Å². The Hall–Kier alpha value is -3.42. The lowest BCUT2D eigenvalue weighted by Gasteiger charge is -2.04. The molecule has 0 aliphatic heterocycles. The molecule has 0 atom stereocenters. The molecular weight excluding hydrogens is 314 g/mol. The van der Waals surface area contributed by atoms with Crippen molar-refractivity contribution in [2.45, 2.75) is 6.92 Å². The Kier molecular flexibility index (Phi) is 5.45. The number of hydrazone groups is 1. The van der Waals surface area contributed by atoms with Crippen molar-refractivity contribution in [3.8, 4) is 11.5 Å². The maximum absolute atomic E-state index is 11.9. The molecule has 0 radical (unpaired) electrons. The lowest BCUT2D eigenvalue weighted by atomic mass is 10.2. The molecule has 24 heavy (non-hydrogen) atoms. The first kappa shape index (κ1) is 16.9. The fraction of sp³-hybridized carbons (Fsp3) is 0.125. The van der Waals surface area contributed by atoms with E-state index in [0.29, 0.717) is 23.5 Å². The van der Waals surface area contributed by atoms with Gasteiger partial charge in [-0.25, -0.2) is 5.43 Å². The molecule has 0 aromatic heterocycles. The minimum absolute atomic E-state index is 0.367. The summed E-state index contributed by atoms with van der Waals surface area (Å²) in [6, 6.07) is 10.3. The molecule has 124 valence electrons. The molecular formula is C16H15N3O5. The average molecular weight is 329 g/mol. The number of nitro benzene ring substituents is 1. The molecule has 1 amide bonds. The SMILES string of the molecule is CCOc1ccc(C(=O)N/N=C/c2ccc(O)c([N+](=O)[O-])c2)cc1. The molecule has 0 fully saturated rings. The molecule has 0 heterocycles. The summed E-state index contributed by atoms with van der Waals surface area (Å²) in [6.45, 7) is 2.40. The molecule has 0 saturated carbocycles. The number of hydrogen-bond donors (Lipinski definition) is 2. The maximum Gasteiger partial charge on any atom is 0.311 e. The van der Waals surface area contributed by atoms with Gasteiger partial charge in [0, 0.05) is 17.2 Å². The molecule has 0 bridgehead atoms. The van der Waals surface area contributed by atoms with Crippen molar-refractivity contribution >= 4 is 17.8 Å². The van der Waals surface area contributed by atoms with Gasteiger partial charge in [-0.05, 0) is 43.3 Å². The number of amides is 1. The number of hydrogen-bond acceptors (Lipinski definition) is 6. The summed E-state index contributed by atoms with van der Waals surface area (Å²) in [5.74, 6) is -0.202. The van der Waals surface area contributed by atoms with Gasteiger partial charge in [0.1, 0.15) is 5.75 Å². The van der Waals surface area contributed by atoms with Gasteiger partial charge in [-0.15, -0.1) is 0 Å². The van der Waals surface area contributed by atoms with Crippen molar-refractivity contribution in [1.29, 1.82) is 0 Å². The van der Waals surface area contributed by atoms with Gasteiger partial charge in [0.15, 0.2) is 5.75 Å². The molecule has 8 heteroatoms. The highest BCUT2D eigenvalue weighted by Crippen LogP contribution is 2.25. The second kappa shape index (κ2) is 7.73. The van der Waals surface area contributed by atoms with Crippen LogP contribution in [0, 0.1) is 10.1 Å². The van der Waals surface area contributed by atoms with Crippen molar-refractivity contribution in [3.63, 3.8) is 0 Å². The number of ether oxygens (including phenoxy) is 1. The highest BCUT2D eigenvalue weighted by Gasteiger charge is 2.12. The number of nitrogens with one attached hydrogen (secondary N) is 1. The molecule has 2 rings (SSSR count). The number of nitrogens with zero attached hydrogens (tertiary/aromatic N) is 2. The predicted octanol–water partition coefficient (Wildman–Crippen LogP) is 2.46. The van der Waals surface area contributed by atoms with Crippen LogP contribution in [0.3, 0.4) is 0 Å². The van der Waals surface area contributed by atoms with Crippen molar-refractivity contribution < 1.29 is 19.6 Å². The highest BCUT2D eigenvalue weighted by atomic mass is 16.6. The van der Waals surface area contributed by atoms with Gasteiger partial charge in [0.05, 0.1) is 17.7 Å². The van der Waals surface area contributed by atoms with Gasteiger partial charge in [0.25, 0.3) is 5.91 Å². The standard InChI is InChI=1S/C16H15N3O5/c1-2-24-13-6-4-12(5-7-13)16(21)18-17-10-11-3-8-15(20)14(9-11)19(22)23/h3-10,20H,2H2,1H3,(H,18,21)/b17-10+. The van der Waals surface area contributed by atoms with Gasteiger partial charge in [-0.3, -0.25) is 14.9 Å². The number of rotatable bonds is 6. The number of nitro groups is 1. The first-order chi connectivity index (χ1) is 11.5. The Morgan fingerprint density at radius 2 is 2.04 bits per heavy atom. The van der Waals surface area contributed by atoms with Crippen LogP contribution in [0.4, 0.5) is 5.69 Å². The smallest absolute Gasteiger partial charge is 0.311 e. The van der Waals surface area contributed by atoms with E-state index in [0.717, 1.165) is 6.07 Å². The zero-order valence-corrected chi connectivity index (χ0v) is 12.8. The molecule has 0 aliphatic carbocycles. The zero-order chi connectivity index (χ0) is 17.5. The summed E-state index contributed by atoms with van der Waals surface area (Å²) in [6.07, 6.45) is 1.25. The van der Waals surface area contributed by atoms with Crippen molar-refractivity contribution in [1.82, 2.24) is 5.43 Å². The van der Waals surface area contributed by atoms with Crippen LogP contribution in [-0.4, -0.2) is 28.8 Å². The van der Waals surface area contributed by atoms with E-state index in [4.69, 9.17) is 4.74 Å². The Morgan fingerprint density at radius 3 is 2.67 bits per heavy atom. The van der Waals surface area contributed by atoms with E-state index in [1.54, 1.807) is 24.3 Å². The normalized spacial score (nSPS) is 10.5. The highest BCUT2D eigenvalue weighted by molar-refractivity contribution is 5.95. The van der Waals surface area contributed by atoms with Crippen LogP contribution in [0.1, 0.15) is 22.8 Å². The molecule has 0 aliphatic rings. The predicted molar refractivity (Wildman–Crippen MR) is 87.4 cm³/mol. The Balaban J connectivity index is 2.02. The van der Waals surface area contributed by atoms with Gasteiger partial charge < -0.3 is 9.84 Å². The van der Waals surface area contributed by atoms with Crippen LogP contribution in [0.2, 0.25) is 0 Å². The van der Waals surface area contributed by atoms with Crippen LogP contribution >= 0.6 is 0 Å². The van der Waals surface area contributed by atoms with Gasteiger partial charge in [0.2, 0.25) is 0 Å². The minimum atomic E-state index is -0.703. The van der Waals surface area contributed by atoms with Crippen LogP contribution in [0.5, 0.6) is 11.5 Å². The largest absolute Gasteiger partial charge is 0.502 e. The van der Waals surface area contributed by atoms with Crippen molar-refractivity contribution in [3.05, 3.63) is 63.7 Å². The number of phenols is 1. The fourth-order valence-electron chi connectivity index (χ4n) is 1.87. The lowest BCUT2D eigenvalue weighted by Crippen LogP contribution is -2.17. The second-order valence-corrected chi connectivity index (χ2v) is 4.66. The summed E-state index contributed by atoms with van der Waals surface area (Å²) < 4.78 is 5.28. The van der Waals surface area contributed by atoms with E-state index in [-0.39, 0.29) is 0 Å². The molecule has 0 saturated heterocycles. The second-order valence-electron chi connectivity index (χ2n) is 4.66. The summed E-state index contributed by atoms with van der Waals surface area (Å²) in [5.41, 5.74) is 2.65. The molecule has 0 unspecified atom stereocenters. The number of carbonyl (C=O) groups is 1. The van der Waals surface area contributed by atoms with E-state index < -0.39 is 22.3 Å². The van der Waals surface area contributed by atoms with E-state index in [2.05, 4.69) is 10.5 Å². The first-order valence-electron chi connectivity index (χ1n) is 7.05. The average Bonchev–Trinajstić information content (AvgIpc) is 2.57. The van der Waals surface area contributed by atoms with Crippen LogP contribution in [-0.2, 0) is 0 Å². The number of phenolic OH excluding ortho intramolecular Hbond substituents is 1. The lowest BCUT2D eigenvalue weighted by molar-refractivity contribution is -0.385. The van der Waals surface area contributed by atoms with E-state index in [1.165, 1.54) is 18.3 Å². The van der Waals surface area contributed by atoms with E-state index in [1.807, 2.05) is 6.92 Å². The summed E-state index contributed by atoms with van der Waals surface area (Å²) >= 11 is 0. The third-order valence-electron chi connectivity index (χ3n) is 3.00. The summed E-state index contributed by atoms with van der Waals surface area (Å²) in [7, 11) is 0. The summed E-state index contributed by atoms with van der Waals surface area (Å²) in [5, 5.41) is 23.8. The molecule has 2 aromatic rings. The molecule has 2 N–H and O–H groups in total. The van der Waals surface area contributed by atoms with E-state index >= 15 is 0 Å². The Bertz CT molecular complexity index is 772. The van der Waals surface area contributed by atoms with Crippen LogP contribution < -0.4 is 10.2 Å². The van der Waals surface area contributed by atoms with Crippen molar-refractivity contribution in [2.75, 3.05) is 6.61 Å². The van der Waals surface area contributed by atoms with Gasteiger partial charge in [-0.1, -0.05) is 0 Å². The maximum atomic E-state index is 11.9. The first-order valence-corrected chi connectivity index (χ1v) is 7.05. The van der Waals surface area contributed by atoms with Gasteiger partial charge >= 0.3 is 5.69 Å². The zero-order valence-electron chi connectivity index (χ0n) is 12.8. The molecule has 8 nitrogen and oxygen atoms in total. The van der Waals surface area contributed by atoms with Gasteiger partial charge in [-0.2, -0.15) is 5.10 Å². The van der Waals surface area contributed by atoms with Crippen molar-refractivity contribution in [2.24, 2.45) is 5.10 Å². The minimum Gasteiger partial charge on any atom is -0.502 e. The van der Waals surface area contributed by atoms with Crippen LogP contribution in [0.15, 0.2) is 47.6 Å². The Morgan fingerprint density at radius 1 is 1.33 bits per heavy atom.